The first-order valence-electron chi connectivity index (χ1n) is 11.2. The number of nitrogens with zero attached hydrogens (tertiary/aromatic N) is 3. The van der Waals surface area contributed by atoms with E-state index in [2.05, 4.69) is 10.3 Å². The van der Waals surface area contributed by atoms with Crippen molar-refractivity contribution in [3.05, 3.63) is 76.9 Å². The highest BCUT2D eigenvalue weighted by molar-refractivity contribution is 6.15. The van der Waals surface area contributed by atoms with E-state index < -0.39 is 17.4 Å². The fourth-order valence-corrected chi connectivity index (χ4v) is 4.36. The molecule has 0 saturated carbocycles. The number of amides is 2. The van der Waals surface area contributed by atoms with Gasteiger partial charge < -0.3 is 19.4 Å². The van der Waals surface area contributed by atoms with Crippen molar-refractivity contribution in [2.24, 2.45) is 0 Å². The minimum Gasteiger partial charge on any atom is -0.496 e. The lowest BCUT2D eigenvalue weighted by atomic mass is 9.92. The van der Waals surface area contributed by atoms with Crippen LogP contribution in [0.1, 0.15) is 44.6 Å². The van der Waals surface area contributed by atoms with Gasteiger partial charge in [0.2, 0.25) is 5.91 Å². The molecule has 1 aromatic heterocycles. The number of hydrogen-bond acceptors (Lipinski definition) is 6. The van der Waals surface area contributed by atoms with Gasteiger partial charge in [-0.05, 0) is 50.1 Å². The molecule has 35 heavy (non-hydrogen) atoms. The number of methoxy groups -OCH3 is 2. The molecule has 0 fully saturated rings. The predicted molar refractivity (Wildman–Crippen MR) is 130 cm³/mol. The molecule has 2 heterocycles. The number of imidazole rings is 1. The van der Waals surface area contributed by atoms with E-state index >= 15 is 0 Å². The summed E-state index contributed by atoms with van der Waals surface area (Å²) in [7, 11) is 2.81. The number of rotatable bonds is 6. The number of aromatic nitrogens is 2. The Morgan fingerprint density at radius 2 is 1.86 bits per heavy atom. The zero-order chi connectivity index (χ0) is 25.3. The van der Waals surface area contributed by atoms with Crippen LogP contribution in [0.25, 0.3) is 0 Å². The molecule has 2 amide bonds. The Morgan fingerprint density at radius 1 is 1.11 bits per heavy atom. The van der Waals surface area contributed by atoms with Crippen molar-refractivity contribution in [2.75, 3.05) is 19.1 Å². The summed E-state index contributed by atoms with van der Waals surface area (Å²) < 4.78 is 11.7. The zero-order valence-corrected chi connectivity index (χ0v) is 20.4. The van der Waals surface area contributed by atoms with Crippen LogP contribution in [0.3, 0.4) is 0 Å². The molecule has 1 aliphatic heterocycles. The zero-order valence-electron chi connectivity index (χ0n) is 20.4. The highest BCUT2D eigenvalue weighted by atomic mass is 16.5. The largest absolute Gasteiger partial charge is 0.496 e. The fourth-order valence-electron chi connectivity index (χ4n) is 4.36. The summed E-state index contributed by atoms with van der Waals surface area (Å²) in [6, 6.07) is 13.0. The number of anilines is 1. The maximum absolute atomic E-state index is 13.9. The predicted octanol–water partition coefficient (Wildman–Crippen LogP) is 3.03. The van der Waals surface area contributed by atoms with Gasteiger partial charge >= 0.3 is 5.97 Å². The summed E-state index contributed by atoms with van der Waals surface area (Å²) >= 11 is 0. The molecule has 182 valence electrons. The highest BCUT2D eigenvalue weighted by Gasteiger charge is 2.49. The van der Waals surface area contributed by atoms with Crippen molar-refractivity contribution in [3.8, 4) is 5.75 Å². The minimum absolute atomic E-state index is 0.0807. The van der Waals surface area contributed by atoms with Gasteiger partial charge in [-0.25, -0.2) is 9.78 Å². The van der Waals surface area contributed by atoms with E-state index in [4.69, 9.17) is 9.47 Å². The van der Waals surface area contributed by atoms with Crippen molar-refractivity contribution < 1.29 is 23.9 Å². The molecule has 0 radical (unpaired) electrons. The standard InChI is InChI=1S/C26H28N4O5/c1-16-10-11-19(12-17(16)2)30-23(31)22-21(24(32)35-5)28-15-29(22)14-26(30,3)25(33)27-13-18-8-6-7-9-20(18)34-4/h6-12,15H,13-14H2,1-5H3,(H,27,33)/t26-/m0/s1. The average molecular weight is 477 g/mol. The summed E-state index contributed by atoms with van der Waals surface area (Å²) in [4.78, 5) is 45.4. The second kappa shape index (κ2) is 9.25. The van der Waals surface area contributed by atoms with Gasteiger partial charge in [-0.3, -0.25) is 14.5 Å². The van der Waals surface area contributed by atoms with Crippen molar-refractivity contribution in [1.29, 1.82) is 0 Å². The monoisotopic (exact) mass is 476 g/mol. The number of ether oxygens (including phenoxy) is 2. The maximum atomic E-state index is 13.9. The van der Waals surface area contributed by atoms with E-state index in [-0.39, 0.29) is 30.4 Å². The summed E-state index contributed by atoms with van der Waals surface area (Å²) in [6.45, 7) is 5.94. The number of aryl methyl sites for hydroxylation is 2. The molecule has 9 heteroatoms. The fraction of sp³-hybridized carbons (Fsp3) is 0.308. The Bertz CT molecular complexity index is 1310. The van der Waals surface area contributed by atoms with Crippen LogP contribution in [0, 0.1) is 13.8 Å². The molecule has 1 atom stereocenters. The van der Waals surface area contributed by atoms with Gasteiger partial charge in [0.05, 0.1) is 27.1 Å². The lowest BCUT2D eigenvalue weighted by molar-refractivity contribution is -0.126. The van der Waals surface area contributed by atoms with Crippen LogP contribution >= 0.6 is 0 Å². The van der Waals surface area contributed by atoms with Crippen LogP contribution in [-0.2, 0) is 22.6 Å². The minimum atomic E-state index is -1.30. The lowest BCUT2D eigenvalue weighted by Crippen LogP contribution is -2.64. The third-order valence-electron chi connectivity index (χ3n) is 6.46. The number of benzene rings is 2. The van der Waals surface area contributed by atoms with Crippen molar-refractivity contribution in [1.82, 2.24) is 14.9 Å². The molecule has 3 aromatic rings. The molecule has 4 rings (SSSR count). The van der Waals surface area contributed by atoms with Crippen LogP contribution in [0.15, 0.2) is 48.8 Å². The Kier molecular flexibility index (Phi) is 6.34. The van der Waals surface area contributed by atoms with Gasteiger partial charge in [-0.2, -0.15) is 0 Å². The van der Waals surface area contributed by atoms with E-state index in [1.807, 2.05) is 50.2 Å². The van der Waals surface area contributed by atoms with E-state index in [0.29, 0.717) is 11.4 Å². The maximum Gasteiger partial charge on any atom is 0.359 e. The first-order valence-corrected chi connectivity index (χ1v) is 11.2. The van der Waals surface area contributed by atoms with Gasteiger partial charge in [-0.1, -0.05) is 24.3 Å². The second-order valence-electron chi connectivity index (χ2n) is 8.74. The van der Waals surface area contributed by atoms with Gasteiger partial charge in [0, 0.05) is 17.8 Å². The summed E-state index contributed by atoms with van der Waals surface area (Å²) in [5.41, 5.74) is 2.09. The molecule has 0 spiro atoms. The first kappa shape index (κ1) is 24.0. The molecule has 0 unspecified atom stereocenters. The van der Waals surface area contributed by atoms with Crippen LogP contribution < -0.4 is 15.0 Å². The highest BCUT2D eigenvalue weighted by Crippen LogP contribution is 2.35. The number of carbonyl (C=O) groups excluding carboxylic acids is 3. The molecular formula is C26H28N4O5. The van der Waals surface area contributed by atoms with Crippen molar-refractivity contribution >= 4 is 23.5 Å². The van der Waals surface area contributed by atoms with Crippen molar-refractivity contribution in [2.45, 2.75) is 39.4 Å². The molecule has 2 aromatic carbocycles. The van der Waals surface area contributed by atoms with Crippen LogP contribution in [0.5, 0.6) is 5.75 Å². The van der Waals surface area contributed by atoms with Crippen LogP contribution in [-0.4, -0.2) is 47.1 Å². The molecule has 0 aliphatic carbocycles. The number of hydrogen-bond donors (Lipinski definition) is 1. The average Bonchev–Trinajstić information content (AvgIpc) is 3.28. The van der Waals surface area contributed by atoms with Gasteiger partial charge in [0.1, 0.15) is 17.0 Å². The van der Waals surface area contributed by atoms with Gasteiger partial charge in [0.15, 0.2) is 5.69 Å². The Balaban J connectivity index is 1.77. The third kappa shape index (κ3) is 4.14. The number of para-hydroxylation sites is 1. The van der Waals surface area contributed by atoms with Crippen LogP contribution in [0.2, 0.25) is 0 Å². The summed E-state index contributed by atoms with van der Waals surface area (Å²) in [5, 5.41) is 2.96. The van der Waals surface area contributed by atoms with Gasteiger partial charge in [0.25, 0.3) is 5.91 Å². The van der Waals surface area contributed by atoms with Crippen molar-refractivity contribution in [3.63, 3.8) is 0 Å². The third-order valence-corrected chi connectivity index (χ3v) is 6.46. The number of carbonyl (C=O) groups is 3. The summed E-state index contributed by atoms with van der Waals surface area (Å²) in [5.74, 6) is -0.916. The molecule has 0 saturated heterocycles. The lowest BCUT2D eigenvalue weighted by Gasteiger charge is -2.43. The SMILES string of the molecule is COC(=O)c1ncn2c1C(=O)N(c1ccc(C)c(C)c1)[C@](C)(C(=O)NCc1ccccc1OC)C2. The second-order valence-corrected chi connectivity index (χ2v) is 8.74. The topological polar surface area (TPSA) is 103 Å². The number of fused-ring (bicyclic) bond motifs is 1. The smallest absolute Gasteiger partial charge is 0.359 e. The molecular weight excluding hydrogens is 448 g/mol. The number of esters is 1. The quantitative estimate of drug-likeness (QED) is 0.549. The Morgan fingerprint density at radius 3 is 2.54 bits per heavy atom. The molecule has 1 aliphatic rings. The van der Waals surface area contributed by atoms with E-state index in [1.165, 1.54) is 22.9 Å². The number of nitrogens with one attached hydrogen (secondary N) is 1. The normalized spacial score (nSPS) is 17.1. The first-order chi connectivity index (χ1) is 16.7. The van der Waals surface area contributed by atoms with Crippen LogP contribution in [0.4, 0.5) is 5.69 Å². The molecule has 1 N–H and O–H groups in total. The van der Waals surface area contributed by atoms with E-state index in [0.717, 1.165) is 16.7 Å². The van der Waals surface area contributed by atoms with Gasteiger partial charge in [-0.15, -0.1) is 0 Å². The van der Waals surface area contributed by atoms with E-state index in [1.54, 1.807) is 20.1 Å². The van der Waals surface area contributed by atoms with E-state index in [9.17, 15) is 14.4 Å². The Labute approximate surface area is 203 Å². The Hall–Kier alpha value is -4.14. The summed E-state index contributed by atoms with van der Waals surface area (Å²) in [6.07, 6.45) is 1.39. The molecule has 0 bridgehead atoms. The molecule has 9 nitrogen and oxygen atoms in total.